The summed E-state index contributed by atoms with van der Waals surface area (Å²) in [7, 11) is 0. The van der Waals surface area contributed by atoms with Crippen LogP contribution in [0.15, 0.2) is 48.5 Å². The number of ether oxygens (including phenoxy) is 1. The van der Waals surface area contributed by atoms with Gasteiger partial charge in [-0.05, 0) is 36.2 Å². The fraction of sp³-hybridized carbons (Fsp3) is 0.235. The third-order valence-corrected chi connectivity index (χ3v) is 3.41. The second-order valence-corrected chi connectivity index (χ2v) is 5.37. The lowest BCUT2D eigenvalue weighted by molar-refractivity contribution is -0.123. The Kier molecular flexibility index (Phi) is 5.81. The molecule has 0 radical (unpaired) electrons. The number of nitrogens with one attached hydrogen (secondary N) is 1. The summed E-state index contributed by atoms with van der Waals surface area (Å²) >= 11 is 5.86. The lowest BCUT2D eigenvalue weighted by atomic mass is 10.1. The highest BCUT2D eigenvalue weighted by molar-refractivity contribution is 6.30. The maximum absolute atomic E-state index is 11.8. The number of aryl methyl sites for hydroxylation is 1. The first kappa shape index (κ1) is 16.3. The Morgan fingerprint density at radius 1 is 1.27 bits per heavy atom. The molecule has 2 aromatic carbocycles. The normalized spacial score (nSPS) is 11.8. The molecule has 4 nitrogen and oxygen atoms in total. The molecule has 0 aliphatic carbocycles. The molecule has 0 aromatic heterocycles. The highest BCUT2D eigenvalue weighted by atomic mass is 35.5. The first-order valence-corrected chi connectivity index (χ1v) is 7.32. The van der Waals surface area contributed by atoms with Crippen molar-refractivity contribution < 1.29 is 14.6 Å². The van der Waals surface area contributed by atoms with Crippen molar-refractivity contribution in [3.63, 3.8) is 0 Å². The molecule has 0 saturated heterocycles. The van der Waals surface area contributed by atoms with Crippen LogP contribution in [0.5, 0.6) is 5.75 Å². The Bertz CT molecular complexity index is 631. The van der Waals surface area contributed by atoms with Crippen LogP contribution in [0.25, 0.3) is 0 Å². The summed E-state index contributed by atoms with van der Waals surface area (Å²) in [5, 5.41) is 13.2. The van der Waals surface area contributed by atoms with Crippen LogP contribution in [0.3, 0.4) is 0 Å². The molecule has 0 saturated carbocycles. The average Bonchev–Trinajstić information content (AvgIpc) is 2.52. The smallest absolute Gasteiger partial charge is 0.258 e. The van der Waals surface area contributed by atoms with E-state index in [1.165, 1.54) is 0 Å². The molecule has 2 N–H and O–H groups in total. The van der Waals surface area contributed by atoms with Gasteiger partial charge in [-0.25, -0.2) is 0 Å². The standard InChI is InChI=1S/C17H18ClNO3/c1-12-9-14(18)7-8-16(12)22-11-17(21)19-10-15(20)13-5-3-2-4-6-13/h2-9,15,20H,10-11H2,1H3,(H,19,21)/t15-/m1/s1. The van der Waals surface area contributed by atoms with Crippen LogP contribution in [-0.4, -0.2) is 24.2 Å². The fourth-order valence-corrected chi connectivity index (χ4v) is 2.20. The van der Waals surface area contributed by atoms with E-state index in [1.807, 2.05) is 37.3 Å². The highest BCUT2D eigenvalue weighted by Crippen LogP contribution is 2.21. The van der Waals surface area contributed by atoms with Crippen LogP contribution in [0.4, 0.5) is 0 Å². The molecule has 1 amide bonds. The van der Waals surface area contributed by atoms with E-state index in [-0.39, 0.29) is 19.1 Å². The van der Waals surface area contributed by atoms with Crippen molar-refractivity contribution in [3.8, 4) is 5.75 Å². The molecule has 0 unspecified atom stereocenters. The molecule has 0 heterocycles. The van der Waals surface area contributed by atoms with E-state index >= 15 is 0 Å². The number of carbonyl (C=O) groups is 1. The van der Waals surface area contributed by atoms with E-state index < -0.39 is 6.10 Å². The van der Waals surface area contributed by atoms with Crippen molar-refractivity contribution >= 4 is 17.5 Å². The topological polar surface area (TPSA) is 58.6 Å². The van der Waals surface area contributed by atoms with Crippen molar-refractivity contribution in [3.05, 3.63) is 64.7 Å². The van der Waals surface area contributed by atoms with E-state index in [2.05, 4.69) is 5.32 Å². The second-order valence-electron chi connectivity index (χ2n) is 4.93. The van der Waals surface area contributed by atoms with Gasteiger partial charge in [0.05, 0.1) is 6.10 Å². The van der Waals surface area contributed by atoms with Crippen molar-refractivity contribution in [2.75, 3.05) is 13.2 Å². The van der Waals surface area contributed by atoms with Gasteiger partial charge in [-0.3, -0.25) is 4.79 Å². The lowest BCUT2D eigenvalue weighted by Gasteiger charge is -2.13. The van der Waals surface area contributed by atoms with Crippen molar-refractivity contribution in [1.29, 1.82) is 0 Å². The van der Waals surface area contributed by atoms with E-state index in [0.717, 1.165) is 11.1 Å². The Morgan fingerprint density at radius 2 is 2.00 bits per heavy atom. The van der Waals surface area contributed by atoms with Gasteiger partial charge in [-0.2, -0.15) is 0 Å². The molecular weight excluding hydrogens is 302 g/mol. The summed E-state index contributed by atoms with van der Waals surface area (Å²) in [4.78, 5) is 11.8. The maximum Gasteiger partial charge on any atom is 0.258 e. The zero-order chi connectivity index (χ0) is 15.9. The molecule has 5 heteroatoms. The third-order valence-electron chi connectivity index (χ3n) is 3.17. The SMILES string of the molecule is Cc1cc(Cl)ccc1OCC(=O)NC[C@@H](O)c1ccccc1. The quantitative estimate of drug-likeness (QED) is 0.860. The Hall–Kier alpha value is -2.04. The van der Waals surface area contributed by atoms with Gasteiger partial charge in [0.25, 0.3) is 5.91 Å². The van der Waals surface area contributed by atoms with Gasteiger partial charge in [0.2, 0.25) is 0 Å². The third kappa shape index (κ3) is 4.76. The molecule has 2 rings (SSSR count). The number of halogens is 1. The van der Waals surface area contributed by atoms with Crippen LogP contribution >= 0.6 is 11.6 Å². The van der Waals surface area contributed by atoms with Crippen molar-refractivity contribution in [1.82, 2.24) is 5.32 Å². The average molecular weight is 320 g/mol. The predicted octanol–water partition coefficient (Wildman–Crippen LogP) is 2.88. The van der Waals surface area contributed by atoms with Crippen molar-refractivity contribution in [2.24, 2.45) is 0 Å². The zero-order valence-corrected chi connectivity index (χ0v) is 13.0. The van der Waals surface area contributed by atoms with E-state index in [4.69, 9.17) is 16.3 Å². The molecule has 2 aromatic rings. The summed E-state index contributed by atoms with van der Waals surface area (Å²) in [6.45, 7) is 1.90. The van der Waals surface area contributed by atoms with Gasteiger partial charge in [0.15, 0.2) is 6.61 Å². The Labute approximate surface area is 134 Å². The largest absolute Gasteiger partial charge is 0.484 e. The number of hydrogen-bond acceptors (Lipinski definition) is 3. The zero-order valence-electron chi connectivity index (χ0n) is 12.3. The first-order valence-electron chi connectivity index (χ1n) is 6.95. The maximum atomic E-state index is 11.8. The molecule has 0 fully saturated rings. The molecule has 0 aliphatic heterocycles. The van der Waals surface area contributed by atoms with E-state index in [9.17, 15) is 9.90 Å². The Morgan fingerprint density at radius 3 is 2.68 bits per heavy atom. The monoisotopic (exact) mass is 319 g/mol. The summed E-state index contributed by atoms with van der Waals surface area (Å²) in [6.07, 6.45) is -0.734. The fourth-order valence-electron chi connectivity index (χ4n) is 1.97. The van der Waals surface area contributed by atoms with Crippen LogP contribution in [0, 0.1) is 6.92 Å². The molecular formula is C17H18ClNO3. The number of hydrogen-bond donors (Lipinski definition) is 2. The van der Waals surface area contributed by atoms with Crippen LogP contribution in [-0.2, 0) is 4.79 Å². The molecule has 0 spiro atoms. The van der Waals surface area contributed by atoms with Gasteiger partial charge in [0.1, 0.15) is 5.75 Å². The molecule has 116 valence electrons. The second kappa shape index (κ2) is 7.82. The first-order chi connectivity index (χ1) is 10.6. The Balaban J connectivity index is 1.78. The van der Waals surface area contributed by atoms with Crippen LogP contribution in [0.2, 0.25) is 5.02 Å². The highest BCUT2D eigenvalue weighted by Gasteiger charge is 2.10. The van der Waals surface area contributed by atoms with Gasteiger partial charge < -0.3 is 15.2 Å². The minimum absolute atomic E-state index is 0.107. The molecule has 22 heavy (non-hydrogen) atoms. The van der Waals surface area contributed by atoms with Crippen molar-refractivity contribution in [2.45, 2.75) is 13.0 Å². The van der Waals surface area contributed by atoms with Gasteiger partial charge in [-0.15, -0.1) is 0 Å². The van der Waals surface area contributed by atoms with E-state index in [0.29, 0.717) is 10.8 Å². The number of carbonyl (C=O) groups excluding carboxylic acids is 1. The van der Waals surface area contributed by atoms with Gasteiger partial charge >= 0.3 is 0 Å². The number of benzene rings is 2. The predicted molar refractivity (Wildman–Crippen MR) is 86.1 cm³/mol. The molecule has 1 atom stereocenters. The lowest BCUT2D eigenvalue weighted by Crippen LogP contribution is -2.32. The summed E-state index contributed by atoms with van der Waals surface area (Å²) < 4.78 is 5.44. The van der Waals surface area contributed by atoms with Gasteiger partial charge in [-0.1, -0.05) is 41.9 Å². The number of amides is 1. The summed E-state index contributed by atoms with van der Waals surface area (Å²) in [6, 6.07) is 14.4. The molecule has 0 aliphatic rings. The number of aliphatic hydroxyl groups excluding tert-OH is 1. The van der Waals surface area contributed by atoms with Crippen LogP contribution < -0.4 is 10.1 Å². The minimum atomic E-state index is -0.734. The summed E-state index contributed by atoms with van der Waals surface area (Å²) in [5.74, 6) is 0.326. The number of rotatable bonds is 6. The van der Waals surface area contributed by atoms with E-state index in [1.54, 1.807) is 18.2 Å². The number of aliphatic hydroxyl groups is 1. The van der Waals surface area contributed by atoms with Gasteiger partial charge in [0, 0.05) is 11.6 Å². The molecule has 0 bridgehead atoms. The van der Waals surface area contributed by atoms with Crippen LogP contribution in [0.1, 0.15) is 17.2 Å². The summed E-state index contributed by atoms with van der Waals surface area (Å²) in [5.41, 5.74) is 1.63. The minimum Gasteiger partial charge on any atom is -0.484 e.